The van der Waals surface area contributed by atoms with Crippen molar-refractivity contribution in [3.05, 3.63) is 23.8 Å². The molecule has 2 N–H and O–H groups in total. The molecule has 0 unspecified atom stereocenters. The van der Waals surface area contributed by atoms with Gasteiger partial charge in [0.15, 0.2) is 0 Å². The van der Waals surface area contributed by atoms with Crippen LogP contribution in [0.4, 0.5) is 11.4 Å². The number of carboxylic acid groups (broad SMARTS) is 1. The standard InChI is InChI=1S/C16H22N2O3/c1-4-16(5-2)9-18(10-16)14-7-6-12(17-11(3)19)8-13(14)15(20)21/h6-8H,4-5,9-10H2,1-3H3,(H,17,19)(H,20,21). The van der Waals surface area contributed by atoms with E-state index >= 15 is 0 Å². The van der Waals surface area contributed by atoms with Crippen LogP contribution in [0.15, 0.2) is 18.2 Å². The van der Waals surface area contributed by atoms with Gasteiger partial charge in [-0.3, -0.25) is 4.79 Å². The van der Waals surface area contributed by atoms with E-state index < -0.39 is 5.97 Å². The van der Waals surface area contributed by atoms with Crippen molar-refractivity contribution in [3.63, 3.8) is 0 Å². The van der Waals surface area contributed by atoms with E-state index in [0.717, 1.165) is 31.6 Å². The molecule has 0 radical (unpaired) electrons. The van der Waals surface area contributed by atoms with E-state index in [-0.39, 0.29) is 11.5 Å². The first-order valence-electron chi connectivity index (χ1n) is 7.30. The zero-order valence-corrected chi connectivity index (χ0v) is 12.8. The van der Waals surface area contributed by atoms with Crippen molar-refractivity contribution in [2.45, 2.75) is 33.6 Å². The normalized spacial score (nSPS) is 16.2. The number of rotatable bonds is 5. The molecule has 114 valence electrons. The molecule has 1 saturated heterocycles. The molecular formula is C16H22N2O3. The molecule has 1 heterocycles. The van der Waals surface area contributed by atoms with Crippen molar-refractivity contribution in [1.82, 2.24) is 0 Å². The number of nitrogens with one attached hydrogen (secondary N) is 1. The summed E-state index contributed by atoms with van der Waals surface area (Å²) in [6, 6.07) is 5.06. The third kappa shape index (κ3) is 3.01. The molecule has 0 bridgehead atoms. The molecule has 1 aliphatic rings. The number of carbonyl (C=O) groups excluding carboxylic acids is 1. The maximum absolute atomic E-state index is 11.5. The van der Waals surface area contributed by atoms with Crippen LogP contribution in [0.5, 0.6) is 0 Å². The van der Waals surface area contributed by atoms with Crippen LogP contribution in [0.1, 0.15) is 44.0 Å². The van der Waals surface area contributed by atoms with E-state index in [9.17, 15) is 14.7 Å². The summed E-state index contributed by atoms with van der Waals surface area (Å²) in [5.41, 5.74) is 1.80. The number of hydrogen-bond acceptors (Lipinski definition) is 3. The summed E-state index contributed by atoms with van der Waals surface area (Å²) in [6.07, 6.45) is 2.21. The van der Waals surface area contributed by atoms with Crippen molar-refractivity contribution < 1.29 is 14.7 Å². The number of nitrogens with zero attached hydrogens (tertiary/aromatic N) is 1. The summed E-state index contributed by atoms with van der Waals surface area (Å²) in [5.74, 6) is -1.18. The molecule has 5 heteroatoms. The summed E-state index contributed by atoms with van der Waals surface area (Å²) < 4.78 is 0. The zero-order chi connectivity index (χ0) is 15.6. The minimum Gasteiger partial charge on any atom is -0.478 e. The lowest BCUT2D eigenvalue weighted by Gasteiger charge is -2.51. The van der Waals surface area contributed by atoms with Gasteiger partial charge in [-0.15, -0.1) is 0 Å². The van der Waals surface area contributed by atoms with Crippen LogP contribution in [0.25, 0.3) is 0 Å². The van der Waals surface area contributed by atoms with Gasteiger partial charge < -0.3 is 15.3 Å². The van der Waals surface area contributed by atoms with E-state index in [1.807, 2.05) is 0 Å². The number of anilines is 2. The maximum atomic E-state index is 11.5. The lowest BCUT2D eigenvalue weighted by atomic mass is 9.74. The first-order valence-corrected chi connectivity index (χ1v) is 7.30. The Balaban J connectivity index is 2.25. The summed E-state index contributed by atoms with van der Waals surface area (Å²) in [6.45, 7) is 7.54. The van der Waals surface area contributed by atoms with E-state index in [4.69, 9.17) is 0 Å². The van der Waals surface area contributed by atoms with Gasteiger partial charge >= 0.3 is 5.97 Å². The highest BCUT2D eigenvalue weighted by Crippen LogP contribution is 2.41. The van der Waals surface area contributed by atoms with Crippen LogP contribution in [0.3, 0.4) is 0 Å². The Morgan fingerprint density at radius 3 is 2.38 bits per heavy atom. The third-order valence-corrected chi connectivity index (χ3v) is 4.44. The molecule has 21 heavy (non-hydrogen) atoms. The molecule has 5 nitrogen and oxygen atoms in total. The largest absolute Gasteiger partial charge is 0.478 e. The number of benzene rings is 1. The Kier molecular flexibility index (Phi) is 4.21. The second-order valence-corrected chi connectivity index (χ2v) is 5.78. The summed E-state index contributed by atoms with van der Waals surface area (Å²) in [4.78, 5) is 24.6. The van der Waals surface area contributed by atoms with Crippen LogP contribution in [0, 0.1) is 5.41 Å². The Bertz CT molecular complexity index is 557. The summed E-state index contributed by atoms with van der Waals surface area (Å²) >= 11 is 0. The second-order valence-electron chi connectivity index (χ2n) is 5.78. The Labute approximate surface area is 125 Å². The van der Waals surface area contributed by atoms with Crippen LogP contribution in [-0.4, -0.2) is 30.1 Å². The smallest absolute Gasteiger partial charge is 0.337 e. The van der Waals surface area contributed by atoms with Gasteiger partial charge in [0.05, 0.1) is 11.3 Å². The lowest BCUT2D eigenvalue weighted by molar-refractivity contribution is -0.114. The molecular weight excluding hydrogens is 268 g/mol. The first-order chi connectivity index (χ1) is 9.90. The number of hydrogen-bond donors (Lipinski definition) is 2. The second kappa shape index (κ2) is 5.76. The molecule has 0 saturated carbocycles. The maximum Gasteiger partial charge on any atom is 0.337 e. The molecule has 0 spiro atoms. The minimum absolute atomic E-state index is 0.209. The minimum atomic E-state index is -0.970. The Morgan fingerprint density at radius 1 is 1.29 bits per heavy atom. The van der Waals surface area contributed by atoms with Gasteiger partial charge in [0.1, 0.15) is 0 Å². The van der Waals surface area contributed by atoms with Crippen molar-refractivity contribution in [1.29, 1.82) is 0 Å². The van der Waals surface area contributed by atoms with E-state index in [1.54, 1.807) is 12.1 Å². The molecule has 1 amide bonds. The fraction of sp³-hybridized carbons (Fsp3) is 0.500. The Hall–Kier alpha value is -2.04. The summed E-state index contributed by atoms with van der Waals surface area (Å²) in [5, 5.41) is 12.0. The van der Waals surface area contributed by atoms with Gasteiger partial charge in [0, 0.05) is 31.1 Å². The molecule has 0 aliphatic carbocycles. The Morgan fingerprint density at radius 2 is 1.90 bits per heavy atom. The molecule has 2 rings (SSSR count). The van der Waals surface area contributed by atoms with Crippen molar-refractivity contribution in [3.8, 4) is 0 Å². The van der Waals surface area contributed by atoms with E-state index in [2.05, 4.69) is 24.1 Å². The number of amides is 1. The fourth-order valence-corrected chi connectivity index (χ4v) is 2.90. The first kappa shape index (κ1) is 15.4. The lowest BCUT2D eigenvalue weighted by Crippen LogP contribution is -2.56. The highest BCUT2D eigenvalue weighted by Gasteiger charge is 2.40. The monoisotopic (exact) mass is 290 g/mol. The molecule has 1 fully saturated rings. The summed E-state index contributed by atoms with van der Waals surface area (Å²) in [7, 11) is 0. The number of aromatic carboxylic acids is 1. The van der Waals surface area contributed by atoms with Gasteiger partial charge in [0.25, 0.3) is 0 Å². The van der Waals surface area contributed by atoms with Crippen LogP contribution < -0.4 is 10.2 Å². The van der Waals surface area contributed by atoms with Crippen LogP contribution in [-0.2, 0) is 4.79 Å². The SMILES string of the molecule is CCC1(CC)CN(c2ccc(NC(C)=O)cc2C(=O)O)C1. The number of carbonyl (C=O) groups is 2. The van der Waals surface area contributed by atoms with Gasteiger partial charge in [-0.2, -0.15) is 0 Å². The van der Waals surface area contributed by atoms with Crippen molar-refractivity contribution in [2.75, 3.05) is 23.3 Å². The van der Waals surface area contributed by atoms with E-state index in [0.29, 0.717) is 11.1 Å². The van der Waals surface area contributed by atoms with Gasteiger partial charge in [-0.05, 0) is 31.0 Å². The fourth-order valence-electron chi connectivity index (χ4n) is 2.90. The molecule has 0 atom stereocenters. The predicted molar refractivity (Wildman–Crippen MR) is 82.9 cm³/mol. The molecule has 0 aromatic heterocycles. The van der Waals surface area contributed by atoms with Crippen molar-refractivity contribution >= 4 is 23.3 Å². The topological polar surface area (TPSA) is 69.6 Å². The average Bonchev–Trinajstić information content (AvgIpc) is 2.39. The van der Waals surface area contributed by atoms with Gasteiger partial charge in [-0.25, -0.2) is 4.79 Å². The predicted octanol–water partition coefficient (Wildman–Crippen LogP) is 2.97. The quantitative estimate of drug-likeness (QED) is 0.874. The highest BCUT2D eigenvalue weighted by atomic mass is 16.4. The van der Waals surface area contributed by atoms with Gasteiger partial charge in [0.2, 0.25) is 5.91 Å². The van der Waals surface area contributed by atoms with E-state index in [1.165, 1.54) is 13.0 Å². The van der Waals surface area contributed by atoms with Crippen LogP contribution >= 0.6 is 0 Å². The van der Waals surface area contributed by atoms with Gasteiger partial charge in [-0.1, -0.05) is 13.8 Å². The zero-order valence-electron chi connectivity index (χ0n) is 12.8. The third-order valence-electron chi connectivity index (χ3n) is 4.44. The van der Waals surface area contributed by atoms with Crippen molar-refractivity contribution in [2.24, 2.45) is 5.41 Å². The highest BCUT2D eigenvalue weighted by molar-refractivity contribution is 5.98. The van der Waals surface area contributed by atoms with Crippen LogP contribution in [0.2, 0.25) is 0 Å². The number of carboxylic acids is 1. The molecule has 1 aliphatic heterocycles. The molecule has 1 aromatic carbocycles. The molecule has 1 aromatic rings. The average molecular weight is 290 g/mol.